The summed E-state index contributed by atoms with van der Waals surface area (Å²) >= 11 is 0. The van der Waals surface area contributed by atoms with E-state index < -0.39 is 6.10 Å². The largest absolute Gasteiger partial charge is 0.481 e. The molecule has 6 nitrogen and oxygen atoms in total. The standard InChI is InChI=1S/C18H24N2O4/c1-11(8-17-12(2)20-24-13(17)3)19-18(22)14(4)23-16-7-5-6-15(9-16)10-21/h5-7,9,11,14,21H,8,10H2,1-4H3,(H,19,22). The van der Waals surface area contributed by atoms with Gasteiger partial charge >= 0.3 is 0 Å². The SMILES string of the molecule is Cc1noc(C)c1CC(C)NC(=O)C(C)Oc1cccc(CO)c1. The van der Waals surface area contributed by atoms with Crippen molar-refractivity contribution in [1.29, 1.82) is 0 Å². The molecule has 0 saturated carbocycles. The van der Waals surface area contributed by atoms with Crippen LogP contribution in [0.25, 0.3) is 0 Å². The highest BCUT2D eigenvalue weighted by molar-refractivity contribution is 5.81. The highest BCUT2D eigenvalue weighted by atomic mass is 16.5. The van der Waals surface area contributed by atoms with Crippen molar-refractivity contribution in [3.63, 3.8) is 0 Å². The van der Waals surface area contributed by atoms with E-state index in [1.54, 1.807) is 31.2 Å². The molecule has 0 spiro atoms. The van der Waals surface area contributed by atoms with Gasteiger partial charge in [0.25, 0.3) is 5.91 Å². The monoisotopic (exact) mass is 332 g/mol. The fourth-order valence-electron chi connectivity index (χ4n) is 2.49. The van der Waals surface area contributed by atoms with Gasteiger partial charge in [0.05, 0.1) is 12.3 Å². The summed E-state index contributed by atoms with van der Waals surface area (Å²) in [6.07, 6.45) is 0.0191. The normalized spacial score (nSPS) is 13.4. The third-order valence-electron chi connectivity index (χ3n) is 3.84. The van der Waals surface area contributed by atoms with Gasteiger partial charge in [-0.3, -0.25) is 4.79 Å². The molecule has 0 fully saturated rings. The van der Waals surface area contributed by atoms with Gasteiger partial charge in [-0.15, -0.1) is 0 Å². The zero-order valence-electron chi connectivity index (χ0n) is 14.5. The molecule has 0 bridgehead atoms. The van der Waals surface area contributed by atoms with E-state index in [0.29, 0.717) is 12.2 Å². The van der Waals surface area contributed by atoms with E-state index in [0.717, 1.165) is 22.6 Å². The zero-order chi connectivity index (χ0) is 17.7. The van der Waals surface area contributed by atoms with E-state index >= 15 is 0 Å². The van der Waals surface area contributed by atoms with E-state index in [2.05, 4.69) is 10.5 Å². The highest BCUT2D eigenvalue weighted by Gasteiger charge is 2.19. The van der Waals surface area contributed by atoms with Gasteiger partial charge < -0.3 is 19.7 Å². The third-order valence-corrected chi connectivity index (χ3v) is 3.84. The summed E-state index contributed by atoms with van der Waals surface area (Å²) in [5, 5.41) is 16.0. The number of benzene rings is 1. The molecule has 6 heteroatoms. The van der Waals surface area contributed by atoms with Gasteiger partial charge in [0.2, 0.25) is 0 Å². The summed E-state index contributed by atoms with van der Waals surface area (Å²) < 4.78 is 10.8. The number of amides is 1. The lowest BCUT2D eigenvalue weighted by molar-refractivity contribution is -0.127. The number of ether oxygens (including phenoxy) is 1. The van der Waals surface area contributed by atoms with Gasteiger partial charge in [-0.25, -0.2) is 0 Å². The minimum atomic E-state index is -0.633. The van der Waals surface area contributed by atoms with Crippen molar-refractivity contribution in [2.45, 2.75) is 52.9 Å². The molecule has 0 aliphatic heterocycles. The lowest BCUT2D eigenvalue weighted by atomic mass is 10.1. The number of aliphatic hydroxyl groups excluding tert-OH is 1. The second kappa shape index (κ2) is 7.97. The van der Waals surface area contributed by atoms with Crippen LogP contribution in [0.1, 0.15) is 36.4 Å². The Morgan fingerprint density at radius 2 is 2.12 bits per heavy atom. The maximum Gasteiger partial charge on any atom is 0.260 e. The van der Waals surface area contributed by atoms with Gasteiger partial charge in [0.15, 0.2) is 6.10 Å². The lowest BCUT2D eigenvalue weighted by Crippen LogP contribution is -2.42. The number of aliphatic hydroxyl groups is 1. The van der Waals surface area contributed by atoms with Crippen LogP contribution in [0.2, 0.25) is 0 Å². The number of hydrogen-bond donors (Lipinski definition) is 2. The molecule has 2 unspecified atom stereocenters. The number of nitrogens with one attached hydrogen (secondary N) is 1. The average molecular weight is 332 g/mol. The molecular formula is C18H24N2O4. The molecule has 1 aromatic carbocycles. The Hall–Kier alpha value is -2.34. The van der Waals surface area contributed by atoms with Crippen LogP contribution in [0.3, 0.4) is 0 Å². The Labute approximate surface area is 141 Å². The maximum absolute atomic E-state index is 12.3. The van der Waals surface area contributed by atoms with Crippen molar-refractivity contribution in [2.24, 2.45) is 0 Å². The predicted molar refractivity (Wildman–Crippen MR) is 89.7 cm³/mol. The first kappa shape index (κ1) is 18.0. The maximum atomic E-state index is 12.3. The Kier molecular flexibility index (Phi) is 5.98. The van der Waals surface area contributed by atoms with Crippen molar-refractivity contribution in [3.8, 4) is 5.75 Å². The zero-order valence-corrected chi connectivity index (χ0v) is 14.5. The number of hydrogen-bond acceptors (Lipinski definition) is 5. The molecule has 2 aromatic rings. The summed E-state index contributed by atoms with van der Waals surface area (Å²) in [7, 11) is 0. The summed E-state index contributed by atoms with van der Waals surface area (Å²) in [6.45, 7) is 7.32. The Morgan fingerprint density at radius 1 is 1.38 bits per heavy atom. The summed E-state index contributed by atoms with van der Waals surface area (Å²) in [4.78, 5) is 12.3. The fourth-order valence-corrected chi connectivity index (χ4v) is 2.49. The van der Waals surface area contributed by atoms with E-state index in [4.69, 9.17) is 14.4 Å². The van der Waals surface area contributed by atoms with Crippen LogP contribution < -0.4 is 10.1 Å². The average Bonchev–Trinajstić information content (AvgIpc) is 2.86. The topological polar surface area (TPSA) is 84.6 Å². The van der Waals surface area contributed by atoms with Crippen LogP contribution in [0.4, 0.5) is 0 Å². The number of aromatic nitrogens is 1. The third kappa shape index (κ3) is 4.58. The van der Waals surface area contributed by atoms with Crippen molar-refractivity contribution < 1.29 is 19.2 Å². The second-order valence-corrected chi connectivity index (χ2v) is 5.98. The molecular weight excluding hydrogens is 308 g/mol. The van der Waals surface area contributed by atoms with E-state index in [1.807, 2.05) is 20.8 Å². The lowest BCUT2D eigenvalue weighted by Gasteiger charge is -2.19. The molecule has 0 saturated heterocycles. The number of carbonyl (C=O) groups excluding carboxylic acids is 1. The first-order valence-corrected chi connectivity index (χ1v) is 7.99. The highest BCUT2D eigenvalue weighted by Crippen LogP contribution is 2.16. The van der Waals surface area contributed by atoms with Crippen LogP contribution in [0.5, 0.6) is 5.75 Å². The number of rotatable bonds is 7. The first-order valence-electron chi connectivity index (χ1n) is 7.99. The van der Waals surface area contributed by atoms with Gasteiger partial charge in [-0.05, 0) is 51.8 Å². The molecule has 24 heavy (non-hydrogen) atoms. The van der Waals surface area contributed by atoms with Crippen molar-refractivity contribution >= 4 is 5.91 Å². The van der Waals surface area contributed by atoms with Crippen molar-refractivity contribution in [2.75, 3.05) is 0 Å². The molecule has 1 aromatic heterocycles. The molecule has 2 rings (SSSR count). The van der Waals surface area contributed by atoms with Gasteiger partial charge in [-0.2, -0.15) is 0 Å². The summed E-state index contributed by atoms with van der Waals surface area (Å²) in [6, 6.07) is 6.99. The van der Waals surface area contributed by atoms with Crippen molar-refractivity contribution in [3.05, 3.63) is 46.8 Å². The quantitative estimate of drug-likeness (QED) is 0.813. The van der Waals surface area contributed by atoms with Crippen LogP contribution >= 0.6 is 0 Å². The molecule has 1 heterocycles. The van der Waals surface area contributed by atoms with E-state index in [9.17, 15) is 4.79 Å². The minimum Gasteiger partial charge on any atom is -0.481 e. The van der Waals surface area contributed by atoms with E-state index in [-0.39, 0.29) is 18.6 Å². The Morgan fingerprint density at radius 3 is 2.75 bits per heavy atom. The molecule has 2 atom stereocenters. The fraction of sp³-hybridized carbons (Fsp3) is 0.444. The minimum absolute atomic E-state index is 0.0632. The molecule has 0 aliphatic rings. The number of carbonyl (C=O) groups is 1. The first-order chi connectivity index (χ1) is 11.4. The number of aryl methyl sites for hydroxylation is 2. The summed E-state index contributed by atoms with van der Waals surface area (Å²) in [5.41, 5.74) is 2.61. The molecule has 2 N–H and O–H groups in total. The molecule has 1 amide bonds. The van der Waals surface area contributed by atoms with Crippen molar-refractivity contribution in [1.82, 2.24) is 10.5 Å². The van der Waals surface area contributed by atoms with Gasteiger partial charge in [-0.1, -0.05) is 17.3 Å². The smallest absolute Gasteiger partial charge is 0.260 e. The Bertz CT molecular complexity index is 677. The van der Waals surface area contributed by atoms with Gasteiger partial charge in [0, 0.05) is 11.6 Å². The van der Waals surface area contributed by atoms with Crippen LogP contribution in [-0.2, 0) is 17.8 Å². The van der Waals surface area contributed by atoms with Gasteiger partial charge in [0.1, 0.15) is 11.5 Å². The predicted octanol–water partition coefficient (Wildman–Crippen LogP) is 2.30. The Balaban J connectivity index is 1.91. The van der Waals surface area contributed by atoms with Crippen LogP contribution in [0.15, 0.2) is 28.8 Å². The van der Waals surface area contributed by atoms with E-state index in [1.165, 1.54) is 0 Å². The van der Waals surface area contributed by atoms with Crippen LogP contribution in [0, 0.1) is 13.8 Å². The molecule has 0 aliphatic carbocycles. The summed E-state index contributed by atoms with van der Waals surface area (Å²) in [5.74, 6) is 1.14. The second-order valence-electron chi connectivity index (χ2n) is 5.98. The van der Waals surface area contributed by atoms with Crippen LogP contribution in [-0.4, -0.2) is 28.3 Å². The number of nitrogens with zero attached hydrogens (tertiary/aromatic N) is 1. The molecule has 0 radical (unpaired) electrons. The molecule has 130 valence electrons.